The number of hydrogen-bond acceptors (Lipinski definition) is 2. The second-order valence-electron chi connectivity index (χ2n) is 5.95. The molecule has 1 atom stereocenters. The Morgan fingerprint density at radius 2 is 1.71 bits per heavy atom. The molecule has 3 N–H and O–H groups in total. The van der Waals surface area contributed by atoms with Crippen LogP contribution < -0.4 is 11.1 Å². The van der Waals surface area contributed by atoms with E-state index in [0.717, 1.165) is 13.0 Å². The maximum absolute atomic E-state index is 5.70. The number of nitrogens with two attached hydrogens (primary N) is 1. The molecule has 0 spiro atoms. The van der Waals surface area contributed by atoms with Crippen molar-refractivity contribution in [3.8, 4) is 0 Å². The minimum Gasteiger partial charge on any atom is -0.328 e. The molecule has 84 valence electrons. The van der Waals surface area contributed by atoms with Crippen molar-refractivity contribution in [1.82, 2.24) is 5.32 Å². The van der Waals surface area contributed by atoms with E-state index in [0.29, 0.717) is 22.9 Å². The summed E-state index contributed by atoms with van der Waals surface area (Å²) in [5.74, 6) is 0. The Balaban J connectivity index is 2.16. The molecule has 1 aliphatic rings. The lowest BCUT2D eigenvalue weighted by molar-refractivity contribution is 0.457. The third-order valence-corrected chi connectivity index (χ3v) is 4.21. The molecule has 14 heavy (non-hydrogen) atoms. The summed E-state index contributed by atoms with van der Waals surface area (Å²) in [6.45, 7) is 12.6. The minimum atomic E-state index is 0.344. The molecular formula is C12H26N2. The molecule has 2 heteroatoms. The average Bonchev–Trinajstić information content (AvgIpc) is 2.38. The van der Waals surface area contributed by atoms with E-state index < -0.39 is 0 Å². The van der Waals surface area contributed by atoms with Crippen LogP contribution in [0.3, 0.4) is 0 Å². The van der Waals surface area contributed by atoms with Crippen LogP contribution in [0.4, 0.5) is 0 Å². The predicted molar refractivity (Wildman–Crippen MR) is 62.2 cm³/mol. The van der Waals surface area contributed by atoms with Gasteiger partial charge in [-0.15, -0.1) is 0 Å². The summed E-state index contributed by atoms with van der Waals surface area (Å²) >= 11 is 0. The van der Waals surface area contributed by atoms with Crippen molar-refractivity contribution < 1.29 is 0 Å². The van der Waals surface area contributed by atoms with Crippen molar-refractivity contribution in [2.24, 2.45) is 16.6 Å². The Morgan fingerprint density at radius 1 is 1.21 bits per heavy atom. The molecule has 1 rings (SSSR count). The van der Waals surface area contributed by atoms with E-state index in [1.165, 1.54) is 6.42 Å². The van der Waals surface area contributed by atoms with E-state index in [-0.39, 0.29) is 0 Å². The monoisotopic (exact) mass is 198 g/mol. The Morgan fingerprint density at radius 3 is 2.07 bits per heavy atom. The van der Waals surface area contributed by atoms with Crippen LogP contribution in [-0.2, 0) is 0 Å². The molecule has 0 aliphatic heterocycles. The van der Waals surface area contributed by atoms with Gasteiger partial charge >= 0.3 is 0 Å². The highest BCUT2D eigenvalue weighted by atomic mass is 15.0. The predicted octanol–water partition coefficient (Wildman–Crippen LogP) is 2.14. The van der Waals surface area contributed by atoms with Crippen LogP contribution >= 0.6 is 0 Å². The third-order valence-electron chi connectivity index (χ3n) is 4.21. The highest BCUT2D eigenvalue weighted by Gasteiger charge is 2.64. The lowest BCUT2D eigenvalue weighted by atomic mass is 10.0. The van der Waals surface area contributed by atoms with E-state index in [1.807, 2.05) is 0 Å². The molecule has 1 saturated carbocycles. The van der Waals surface area contributed by atoms with Gasteiger partial charge in [-0.1, -0.05) is 27.7 Å². The summed E-state index contributed by atoms with van der Waals surface area (Å²) in [6.07, 6.45) is 2.32. The number of rotatable bonds is 5. The fourth-order valence-electron chi connectivity index (χ4n) is 2.38. The van der Waals surface area contributed by atoms with Gasteiger partial charge < -0.3 is 11.1 Å². The topological polar surface area (TPSA) is 38.0 Å². The molecule has 0 radical (unpaired) electrons. The molecular weight excluding hydrogens is 172 g/mol. The summed E-state index contributed by atoms with van der Waals surface area (Å²) < 4.78 is 0. The van der Waals surface area contributed by atoms with E-state index in [1.54, 1.807) is 0 Å². The molecule has 0 aromatic rings. The summed E-state index contributed by atoms with van der Waals surface area (Å²) in [6, 6.07) is 1.03. The van der Waals surface area contributed by atoms with Crippen molar-refractivity contribution in [2.45, 2.75) is 59.5 Å². The SMILES string of the molecule is CC(N)CCCNC1C(C)(C)C1(C)C. The highest BCUT2D eigenvalue weighted by Crippen LogP contribution is 2.62. The van der Waals surface area contributed by atoms with Gasteiger partial charge in [0.15, 0.2) is 0 Å². The van der Waals surface area contributed by atoms with Gasteiger partial charge in [-0.2, -0.15) is 0 Å². The first-order valence-electron chi connectivity index (χ1n) is 5.79. The molecule has 0 amide bonds. The lowest BCUT2D eigenvalue weighted by Crippen LogP contribution is -2.25. The number of nitrogens with one attached hydrogen (secondary N) is 1. The Bertz CT molecular complexity index is 180. The fourth-order valence-corrected chi connectivity index (χ4v) is 2.38. The quantitative estimate of drug-likeness (QED) is 0.664. The van der Waals surface area contributed by atoms with Crippen molar-refractivity contribution in [2.75, 3.05) is 6.54 Å². The second kappa shape index (κ2) is 3.82. The summed E-state index contributed by atoms with van der Waals surface area (Å²) in [5, 5.41) is 3.64. The lowest BCUT2D eigenvalue weighted by Gasteiger charge is -2.07. The summed E-state index contributed by atoms with van der Waals surface area (Å²) in [4.78, 5) is 0. The average molecular weight is 198 g/mol. The minimum absolute atomic E-state index is 0.344. The van der Waals surface area contributed by atoms with Gasteiger partial charge in [-0.3, -0.25) is 0 Å². The van der Waals surface area contributed by atoms with Gasteiger partial charge in [0.25, 0.3) is 0 Å². The van der Waals surface area contributed by atoms with Gasteiger partial charge in [0.1, 0.15) is 0 Å². The van der Waals surface area contributed by atoms with Crippen LogP contribution in [0.1, 0.15) is 47.5 Å². The van der Waals surface area contributed by atoms with Crippen molar-refractivity contribution in [1.29, 1.82) is 0 Å². The van der Waals surface area contributed by atoms with Crippen LogP contribution in [0.5, 0.6) is 0 Å². The second-order valence-corrected chi connectivity index (χ2v) is 5.95. The molecule has 0 heterocycles. The largest absolute Gasteiger partial charge is 0.328 e. The molecule has 1 aliphatic carbocycles. The maximum atomic E-state index is 5.70. The van der Waals surface area contributed by atoms with E-state index in [9.17, 15) is 0 Å². The summed E-state index contributed by atoms with van der Waals surface area (Å²) in [7, 11) is 0. The molecule has 0 aromatic heterocycles. The van der Waals surface area contributed by atoms with Crippen LogP contribution in [0, 0.1) is 10.8 Å². The fraction of sp³-hybridized carbons (Fsp3) is 1.00. The van der Waals surface area contributed by atoms with Crippen molar-refractivity contribution in [3.63, 3.8) is 0 Å². The first kappa shape index (κ1) is 12.0. The Hall–Kier alpha value is -0.0800. The van der Waals surface area contributed by atoms with E-state index in [2.05, 4.69) is 39.9 Å². The zero-order valence-corrected chi connectivity index (χ0v) is 10.4. The molecule has 2 nitrogen and oxygen atoms in total. The normalized spacial score (nSPS) is 26.1. The van der Waals surface area contributed by atoms with Crippen molar-refractivity contribution >= 4 is 0 Å². The smallest absolute Gasteiger partial charge is 0.0181 e. The van der Waals surface area contributed by atoms with Crippen LogP contribution in [0.15, 0.2) is 0 Å². The Labute approximate surface area is 88.6 Å². The first-order valence-corrected chi connectivity index (χ1v) is 5.79. The van der Waals surface area contributed by atoms with Gasteiger partial charge in [0.05, 0.1) is 0 Å². The maximum Gasteiger partial charge on any atom is 0.0181 e. The van der Waals surface area contributed by atoms with Crippen LogP contribution in [0.2, 0.25) is 0 Å². The molecule has 0 bridgehead atoms. The molecule has 0 saturated heterocycles. The zero-order valence-electron chi connectivity index (χ0n) is 10.4. The molecule has 0 aromatic carbocycles. The van der Waals surface area contributed by atoms with Crippen LogP contribution in [0.25, 0.3) is 0 Å². The number of hydrogen-bond donors (Lipinski definition) is 2. The van der Waals surface area contributed by atoms with Gasteiger partial charge in [0, 0.05) is 12.1 Å². The van der Waals surface area contributed by atoms with Crippen molar-refractivity contribution in [3.05, 3.63) is 0 Å². The van der Waals surface area contributed by atoms with E-state index in [4.69, 9.17) is 5.73 Å². The first-order chi connectivity index (χ1) is 6.30. The van der Waals surface area contributed by atoms with E-state index >= 15 is 0 Å². The van der Waals surface area contributed by atoms with Gasteiger partial charge in [0.2, 0.25) is 0 Å². The van der Waals surface area contributed by atoms with Gasteiger partial charge in [-0.05, 0) is 37.1 Å². The zero-order chi connectivity index (χ0) is 11.0. The summed E-state index contributed by atoms with van der Waals surface area (Å²) in [5.41, 5.74) is 6.62. The van der Waals surface area contributed by atoms with Gasteiger partial charge in [-0.25, -0.2) is 0 Å². The third kappa shape index (κ3) is 2.12. The standard InChI is InChI=1S/C12H26N2/c1-9(13)7-6-8-14-10-11(2,3)12(10,4)5/h9-10,14H,6-8,13H2,1-5H3. The molecule has 1 unspecified atom stereocenters. The van der Waals surface area contributed by atoms with Crippen LogP contribution in [-0.4, -0.2) is 18.6 Å². The molecule has 1 fully saturated rings. The Kier molecular flexibility index (Phi) is 3.27. The highest BCUT2D eigenvalue weighted by molar-refractivity contribution is 5.17.